The number of H-pyrrole nitrogens is 1. The largest absolute Gasteiger partial charge is 0.481 e. The number of aromatic amines is 1. The molecule has 16 heteroatoms. The minimum Gasteiger partial charge on any atom is -0.481 e. The van der Waals surface area contributed by atoms with Gasteiger partial charge in [0.15, 0.2) is 5.96 Å². The number of carboxylic acid groups (broad SMARTS) is 2. The van der Waals surface area contributed by atoms with Gasteiger partial charge in [-0.25, -0.2) is 9.78 Å². The summed E-state index contributed by atoms with van der Waals surface area (Å²) in [6, 6.07) is -3.89. The lowest BCUT2D eigenvalue weighted by molar-refractivity contribution is -0.143. The summed E-state index contributed by atoms with van der Waals surface area (Å²) in [5, 5.41) is 25.6. The van der Waals surface area contributed by atoms with Crippen molar-refractivity contribution >= 4 is 35.6 Å². The van der Waals surface area contributed by atoms with Crippen molar-refractivity contribution in [1.82, 2.24) is 25.9 Å². The lowest BCUT2D eigenvalue weighted by Gasteiger charge is -2.24. The molecule has 1 heterocycles. The Hall–Kier alpha value is -4.21. The van der Waals surface area contributed by atoms with Gasteiger partial charge in [0, 0.05) is 31.3 Å². The molecule has 16 nitrogen and oxygen atoms in total. The molecule has 0 radical (unpaired) electrons. The van der Waals surface area contributed by atoms with E-state index in [0.717, 1.165) is 0 Å². The second kappa shape index (κ2) is 14.8. The molecule has 0 aliphatic rings. The van der Waals surface area contributed by atoms with Gasteiger partial charge in [-0.3, -0.25) is 24.2 Å². The third-order valence-electron chi connectivity index (χ3n) is 4.66. The predicted molar refractivity (Wildman–Crippen MR) is 122 cm³/mol. The molecule has 35 heavy (non-hydrogen) atoms. The van der Waals surface area contributed by atoms with Crippen molar-refractivity contribution in [2.24, 2.45) is 22.2 Å². The smallest absolute Gasteiger partial charge is 0.326 e. The number of carbonyl (C=O) groups excluding carboxylic acids is 3. The standard InChI is InChI=1S/C19H31N9O7/c20-7-14(29)26-11(2-1-5-24-19(21)22)16(32)27-12(3-4-15(30)31)17(33)28-13(18(34)35)6-10-8-23-9-25-10/h8-9,11-13H,1-7,20H2,(H,23,25)(H,26,29)(H,27,32)(H,28,33)(H,30,31)(H,34,35)(H4,21,22,24). The van der Waals surface area contributed by atoms with Crippen molar-refractivity contribution < 1.29 is 34.2 Å². The minimum atomic E-state index is -1.39. The Morgan fingerprint density at radius 1 is 1.00 bits per heavy atom. The van der Waals surface area contributed by atoms with Crippen LogP contribution in [-0.4, -0.2) is 87.0 Å². The van der Waals surface area contributed by atoms with Crippen molar-refractivity contribution in [1.29, 1.82) is 0 Å². The molecule has 0 spiro atoms. The molecule has 3 unspecified atom stereocenters. The molecule has 1 rings (SSSR count). The van der Waals surface area contributed by atoms with Gasteiger partial charge in [0.25, 0.3) is 0 Å². The number of nitrogens with two attached hydrogens (primary N) is 3. The molecule has 0 saturated carbocycles. The van der Waals surface area contributed by atoms with Gasteiger partial charge in [-0.15, -0.1) is 0 Å². The molecule has 3 amide bonds. The van der Waals surface area contributed by atoms with Gasteiger partial charge in [-0.2, -0.15) is 0 Å². The summed E-state index contributed by atoms with van der Waals surface area (Å²) < 4.78 is 0. The highest BCUT2D eigenvalue weighted by atomic mass is 16.4. The predicted octanol–water partition coefficient (Wildman–Crippen LogP) is -3.63. The maximum absolute atomic E-state index is 12.8. The summed E-state index contributed by atoms with van der Waals surface area (Å²) in [6.45, 7) is -0.226. The van der Waals surface area contributed by atoms with E-state index in [-0.39, 0.29) is 38.2 Å². The van der Waals surface area contributed by atoms with E-state index in [2.05, 4.69) is 30.9 Å². The Morgan fingerprint density at radius 3 is 2.14 bits per heavy atom. The SMILES string of the molecule is NCC(=O)NC(CCCN=C(N)N)C(=O)NC(CCC(=O)O)C(=O)NC(Cc1cnc[nH]1)C(=O)O. The fraction of sp³-hybridized carbons (Fsp3) is 0.526. The van der Waals surface area contributed by atoms with Crippen molar-refractivity contribution in [3.05, 3.63) is 18.2 Å². The molecule has 1 aromatic heterocycles. The van der Waals surface area contributed by atoms with Gasteiger partial charge in [-0.1, -0.05) is 0 Å². The second-order valence-corrected chi connectivity index (χ2v) is 7.45. The molecule has 0 aliphatic heterocycles. The highest BCUT2D eigenvalue weighted by Crippen LogP contribution is 2.05. The van der Waals surface area contributed by atoms with E-state index < -0.39 is 60.8 Å². The van der Waals surface area contributed by atoms with Crippen LogP contribution in [0.15, 0.2) is 17.5 Å². The summed E-state index contributed by atoms with van der Waals surface area (Å²) in [6.07, 6.45) is 2.17. The van der Waals surface area contributed by atoms with Crippen LogP contribution in [0.3, 0.4) is 0 Å². The molecule has 0 fully saturated rings. The fourth-order valence-corrected chi connectivity index (χ4v) is 2.92. The highest BCUT2D eigenvalue weighted by molar-refractivity contribution is 5.93. The van der Waals surface area contributed by atoms with Crippen LogP contribution >= 0.6 is 0 Å². The Morgan fingerprint density at radius 2 is 1.63 bits per heavy atom. The maximum atomic E-state index is 12.8. The summed E-state index contributed by atoms with van der Waals surface area (Å²) in [5.74, 6) is -5.05. The van der Waals surface area contributed by atoms with E-state index >= 15 is 0 Å². The van der Waals surface area contributed by atoms with Crippen LogP contribution in [-0.2, 0) is 30.4 Å². The first-order valence-electron chi connectivity index (χ1n) is 10.6. The van der Waals surface area contributed by atoms with Crippen molar-refractivity contribution in [2.75, 3.05) is 13.1 Å². The first-order valence-corrected chi connectivity index (χ1v) is 10.6. The zero-order valence-electron chi connectivity index (χ0n) is 18.9. The summed E-state index contributed by atoms with van der Waals surface area (Å²) in [5.41, 5.74) is 16.2. The first-order chi connectivity index (χ1) is 16.5. The molecule has 0 aliphatic carbocycles. The summed E-state index contributed by atoms with van der Waals surface area (Å²) >= 11 is 0. The van der Waals surface area contributed by atoms with Crippen LogP contribution in [0.4, 0.5) is 0 Å². The summed E-state index contributed by atoms with van der Waals surface area (Å²) in [7, 11) is 0. The third-order valence-corrected chi connectivity index (χ3v) is 4.66. The molecule has 194 valence electrons. The maximum Gasteiger partial charge on any atom is 0.326 e. The normalized spacial score (nSPS) is 13.1. The van der Waals surface area contributed by atoms with Crippen molar-refractivity contribution in [2.45, 2.75) is 50.2 Å². The zero-order chi connectivity index (χ0) is 26.4. The van der Waals surface area contributed by atoms with Crippen molar-refractivity contribution in [3.8, 4) is 0 Å². The highest BCUT2D eigenvalue weighted by Gasteiger charge is 2.30. The average Bonchev–Trinajstić information content (AvgIpc) is 3.30. The molecule has 1 aromatic rings. The van der Waals surface area contributed by atoms with Crippen LogP contribution in [0.25, 0.3) is 0 Å². The molecule has 0 bridgehead atoms. The Balaban J connectivity index is 2.96. The van der Waals surface area contributed by atoms with E-state index in [0.29, 0.717) is 5.69 Å². The van der Waals surface area contributed by atoms with Crippen LogP contribution in [0.2, 0.25) is 0 Å². The number of rotatable bonds is 16. The number of carboxylic acids is 2. The van der Waals surface area contributed by atoms with Crippen LogP contribution in [0.5, 0.6) is 0 Å². The number of amides is 3. The molecular formula is C19H31N9O7. The van der Waals surface area contributed by atoms with Gasteiger partial charge >= 0.3 is 11.9 Å². The van der Waals surface area contributed by atoms with E-state index in [1.54, 1.807) is 0 Å². The number of nitrogens with one attached hydrogen (secondary N) is 4. The van der Waals surface area contributed by atoms with Gasteiger partial charge in [0.1, 0.15) is 18.1 Å². The molecular weight excluding hydrogens is 466 g/mol. The van der Waals surface area contributed by atoms with Gasteiger partial charge in [0.2, 0.25) is 17.7 Å². The lowest BCUT2D eigenvalue weighted by Crippen LogP contribution is -2.56. The topological polar surface area (TPSA) is 281 Å². The Labute approximate surface area is 200 Å². The van der Waals surface area contributed by atoms with E-state index in [1.807, 2.05) is 0 Å². The zero-order valence-corrected chi connectivity index (χ0v) is 18.9. The molecule has 3 atom stereocenters. The van der Waals surface area contributed by atoms with Crippen LogP contribution in [0, 0.1) is 0 Å². The lowest BCUT2D eigenvalue weighted by atomic mass is 10.1. The van der Waals surface area contributed by atoms with E-state index in [4.69, 9.17) is 22.3 Å². The van der Waals surface area contributed by atoms with Gasteiger partial charge in [-0.05, 0) is 19.3 Å². The van der Waals surface area contributed by atoms with Crippen molar-refractivity contribution in [3.63, 3.8) is 0 Å². The number of hydrogen-bond acceptors (Lipinski definition) is 8. The Bertz CT molecular complexity index is 900. The van der Waals surface area contributed by atoms with Crippen LogP contribution in [0.1, 0.15) is 31.4 Å². The quantitative estimate of drug-likeness (QED) is 0.0610. The van der Waals surface area contributed by atoms with Gasteiger partial charge in [0.05, 0.1) is 12.9 Å². The van der Waals surface area contributed by atoms with Crippen LogP contribution < -0.4 is 33.2 Å². The molecule has 0 saturated heterocycles. The monoisotopic (exact) mass is 497 g/mol. The minimum absolute atomic E-state index is 0.0825. The number of aliphatic carboxylic acids is 2. The molecule has 12 N–H and O–H groups in total. The molecule has 0 aromatic carbocycles. The number of guanidine groups is 1. The van der Waals surface area contributed by atoms with E-state index in [9.17, 15) is 29.1 Å². The average molecular weight is 498 g/mol. The number of imidazole rings is 1. The number of hydrogen-bond donors (Lipinski definition) is 9. The first kappa shape index (κ1) is 28.8. The second-order valence-electron chi connectivity index (χ2n) is 7.45. The number of carbonyl (C=O) groups is 5. The number of aliphatic imine (C=N–C) groups is 1. The fourth-order valence-electron chi connectivity index (χ4n) is 2.92. The number of nitrogens with zero attached hydrogens (tertiary/aromatic N) is 2. The third kappa shape index (κ3) is 11.5. The summed E-state index contributed by atoms with van der Waals surface area (Å²) in [4.78, 5) is 70.4. The van der Waals surface area contributed by atoms with Gasteiger partial charge < -0.3 is 48.3 Å². The van der Waals surface area contributed by atoms with E-state index in [1.165, 1.54) is 12.5 Å². The Kier molecular flexibility index (Phi) is 12.2. The number of aromatic nitrogens is 2.